The number of rotatable bonds is 10. The summed E-state index contributed by atoms with van der Waals surface area (Å²) in [5.41, 5.74) is 0.716. The zero-order valence-electron chi connectivity index (χ0n) is 19.9. The Morgan fingerprint density at radius 1 is 0.972 bits per heavy atom. The van der Waals surface area contributed by atoms with E-state index in [-0.39, 0.29) is 23.5 Å². The van der Waals surface area contributed by atoms with E-state index in [1.165, 1.54) is 36.2 Å². The van der Waals surface area contributed by atoms with Gasteiger partial charge >= 0.3 is 0 Å². The van der Waals surface area contributed by atoms with Crippen LogP contribution in [0.1, 0.15) is 18.9 Å². The fourth-order valence-corrected chi connectivity index (χ4v) is 5.38. The first-order valence-corrected chi connectivity index (χ1v) is 13.1. The Morgan fingerprint density at radius 3 is 2.17 bits per heavy atom. The number of likely N-dealkylation sites (N-methyl/N-ethyl adjacent to an activating group) is 1. The van der Waals surface area contributed by atoms with Gasteiger partial charge in [-0.25, -0.2) is 12.8 Å². The fraction of sp³-hybridized carbons (Fsp3) is 0.231. The molecule has 0 aromatic heterocycles. The van der Waals surface area contributed by atoms with E-state index in [1.807, 2.05) is 0 Å². The van der Waals surface area contributed by atoms with E-state index in [1.54, 1.807) is 49.4 Å². The maximum absolute atomic E-state index is 13.7. The number of anilines is 1. The molecule has 0 fully saturated rings. The average Bonchev–Trinajstić information content (AvgIpc) is 2.89. The zero-order valence-corrected chi connectivity index (χ0v) is 21.5. The summed E-state index contributed by atoms with van der Waals surface area (Å²) in [4.78, 5) is 27.7. The highest BCUT2D eigenvalue weighted by molar-refractivity contribution is 7.92. The molecule has 0 heterocycles. The molecule has 0 aliphatic rings. The van der Waals surface area contributed by atoms with Gasteiger partial charge in [-0.2, -0.15) is 0 Å². The van der Waals surface area contributed by atoms with Gasteiger partial charge in [0.25, 0.3) is 10.0 Å². The molecule has 1 atom stereocenters. The van der Waals surface area contributed by atoms with E-state index >= 15 is 0 Å². The summed E-state index contributed by atoms with van der Waals surface area (Å²) in [6, 6.07) is 18.5. The third-order valence-corrected chi connectivity index (χ3v) is 7.81. The molecule has 3 aromatic carbocycles. The van der Waals surface area contributed by atoms with Gasteiger partial charge in [-0.15, -0.1) is 0 Å². The van der Waals surface area contributed by atoms with Gasteiger partial charge in [0.2, 0.25) is 11.8 Å². The minimum atomic E-state index is -4.20. The predicted molar refractivity (Wildman–Crippen MR) is 138 cm³/mol. The molecule has 2 amide bonds. The van der Waals surface area contributed by atoms with E-state index in [0.29, 0.717) is 10.6 Å². The lowest BCUT2D eigenvalue weighted by Crippen LogP contribution is -2.51. The van der Waals surface area contributed by atoms with Crippen molar-refractivity contribution in [3.05, 3.63) is 95.3 Å². The van der Waals surface area contributed by atoms with Gasteiger partial charge in [0.15, 0.2) is 0 Å². The molecule has 7 nitrogen and oxygen atoms in total. The lowest BCUT2D eigenvalue weighted by atomic mass is 10.1. The summed E-state index contributed by atoms with van der Waals surface area (Å²) in [7, 11) is -2.73. The summed E-state index contributed by atoms with van der Waals surface area (Å²) in [5.74, 6) is -1.56. The van der Waals surface area contributed by atoms with Crippen LogP contribution in [0.15, 0.2) is 83.8 Å². The number of hydrogen-bond acceptors (Lipinski definition) is 4. The number of amides is 2. The quantitative estimate of drug-likeness (QED) is 0.424. The molecule has 36 heavy (non-hydrogen) atoms. The smallest absolute Gasteiger partial charge is 0.264 e. The van der Waals surface area contributed by atoms with E-state index in [0.717, 1.165) is 16.4 Å². The maximum atomic E-state index is 13.7. The highest BCUT2D eigenvalue weighted by Crippen LogP contribution is 2.26. The third-order valence-electron chi connectivity index (χ3n) is 5.66. The van der Waals surface area contributed by atoms with Crippen LogP contribution in [0.5, 0.6) is 0 Å². The van der Waals surface area contributed by atoms with Crippen LogP contribution in [0, 0.1) is 5.82 Å². The van der Waals surface area contributed by atoms with Gasteiger partial charge in [-0.05, 0) is 54.4 Å². The minimum absolute atomic E-state index is 0.00687. The summed E-state index contributed by atoms with van der Waals surface area (Å²) in [6.07, 6.45) is 0.290. The van der Waals surface area contributed by atoms with Gasteiger partial charge < -0.3 is 10.2 Å². The normalized spacial score (nSPS) is 12.0. The van der Waals surface area contributed by atoms with Crippen molar-refractivity contribution in [2.45, 2.75) is 30.8 Å². The highest BCUT2D eigenvalue weighted by atomic mass is 35.5. The van der Waals surface area contributed by atoms with Gasteiger partial charge in [0, 0.05) is 18.6 Å². The fourth-order valence-electron chi connectivity index (χ4n) is 3.75. The lowest BCUT2D eigenvalue weighted by Gasteiger charge is -2.33. The molecular weight excluding hydrogens is 505 g/mol. The largest absolute Gasteiger partial charge is 0.357 e. The second-order valence-electron chi connectivity index (χ2n) is 7.95. The van der Waals surface area contributed by atoms with Gasteiger partial charge in [-0.3, -0.25) is 13.9 Å². The molecule has 0 aliphatic heterocycles. The lowest BCUT2D eigenvalue weighted by molar-refractivity contribution is -0.140. The molecule has 190 valence electrons. The van der Waals surface area contributed by atoms with Crippen LogP contribution in [0.4, 0.5) is 10.1 Å². The van der Waals surface area contributed by atoms with Crippen LogP contribution in [0.3, 0.4) is 0 Å². The number of sulfonamides is 1. The van der Waals surface area contributed by atoms with Crippen molar-refractivity contribution in [2.24, 2.45) is 0 Å². The number of carbonyl (C=O) groups excluding carboxylic acids is 2. The van der Waals surface area contributed by atoms with Crippen molar-refractivity contribution in [3.63, 3.8) is 0 Å². The summed E-state index contributed by atoms with van der Waals surface area (Å²) in [5, 5.41) is 2.97. The first-order valence-electron chi connectivity index (χ1n) is 11.3. The molecule has 0 saturated carbocycles. The van der Waals surface area contributed by atoms with Crippen LogP contribution in [0.2, 0.25) is 5.02 Å². The van der Waals surface area contributed by atoms with Crippen molar-refractivity contribution in [3.8, 4) is 0 Å². The number of carbonyl (C=O) groups is 2. The SMILES string of the molecule is CC[C@@H](C(=O)NC)N(Cc1ccccc1Cl)C(=O)CN(c1ccc(F)cc1)S(=O)(=O)c1ccccc1. The molecule has 1 N–H and O–H groups in total. The molecule has 3 rings (SSSR count). The Morgan fingerprint density at radius 2 is 1.58 bits per heavy atom. The van der Waals surface area contributed by atoms with Crippen molar-refractivity contribution in [1.82, 2.24) is 10.2 Å². The second-order valence-corrected chi connectivity index (χ2v) is 10.2. The van der Waals surface area contributed by atoms with Crippen LogP contribution < -0.4 is 9.62 Å². The van der Waals surface area contributed by atoms with Crippen molar-refractivity contribution in [1.29, 1.82) is 0 Å². The van der Waals surface area contributed by atoms with E-state index in [2.05, 4.69) is 5.32 Å². The summed E-state index contributed by atoms with van der Waals surface area (Å²) in [6.45, 7) is 1.14. The number of nitrogens with zero attached hydrogens (tertiary/aromatic N) is 2. The van der Waals surface area contributed by atoms with E-state index in [9.17, 15) is 22.4 Å². The molecule has 0 unspecified atom stereocenters. The molecule has 0 radical (unpaired) electrons. The van der Waals surface area contributed by atoms with E-state index in [4.69, 9.17) is 11.6 Å². The van der Waals surface area contributed by atoms with E-state index < -0.39 is 40.2 Å². The summed E-state index contributed by atoms with van der Waals surface area (Å²) < 4.78 is 41.7. The van der Waals surface area contributed by atoms with Crippen LogP contribution >= 0.6 is 11.6 Å². The molecule has 0 bridgehead atoms. The monoisotopic (exact) mass is 531 g/mol. The van der Waals surface area contributed by atoms with Crippen molar-refractivity contribution >= 4 is 39.1 Å². The number of hydrogen-bond donors (Lipinski definition) is 1. The number of benzene rings is 3. The average molecular weight is 532 g/mol. The predicted octanol–water partition coefficient (Wildman–Crippen LogP) is 4.23. The highest BCUT2D eigenvalue weighted by Gasteiger charge is 2.33. The first kappa shape index (κ1) is 27.2. The number of nitrogens with one attached hydrogen (secondary N) is 1. The molecule has 0 aliphatic carbocycles. The third kappa shape index (κ3) is 6.22. The number of halogens is 2. The first-order chi connectivity index (χ1) is 17.2. The molecule has 3 aromatic rings. The Balaban J connectivity index is 2.05. The van der Waals surface area contributed by atoms with Crippen LogP contribution in [-0.4, -0.2) is 44.8 Å². The van der Waals surface area contributed by atoms with Crippen LogP contribution in [-0.2, 0) is 26.2 Å². The Bertz CT molecular complexity index is 1300. The van der Waals surface area contributed by atoms with Gasteiger partial charge in [-0.1, -0.05) is 54.9 Å². The minimum Gasteiger partial charge on any atom is -0.357 e. The van der Waals surface area contributed by atoms with Gasteiger partial charge in [0.1, 0.15) is 18.4 Å². The maximum Gasteiger partial charge on any atom is 0.264 e. The topological polar surface area (TPSA) is 86.8 Å². The standard InChI is InChI=1S/C26H27ClFN3O4S/c1-3-24(26(33)29-2)30(17-19-9-7-8-12-23(19)27)25(32)18-31(21-15-13-20(28)14-16-21)36(34,35)22-10-5-4-6-11-22/h4-16,24H,3,17-18H2,1-2H3,(H,29,33)/t24-/m0/s1. The van der Waals surface area contributed by atoms with Crippen molar-refractivity contribution < 1.29 is 22.4 Å². The Labute approximate surface area is 215 Å². The van der Waals surface area contributed by atoms with Gasteiger partial charge in [0.05, 0.1) is 10.6 Å². The van der Waals surface area contributed by atoms with Crippen molar-refractivity contribution in [2.75, 3.05) is 17.9 Å². The summed E-state index contributed by atoms with van der Waals surface area (Å²) >= 11 is 6.32. The molecule has 0 spiro atoms. The molecule has 0 saturated heterocycles. The molecular formula is C26H27ClFN3O4S. The second kappa shape index (κ2) is 12.0. The Kier molecular flexibility index (Phi) is 9.06. The van der Waals surface area contributed by atoms with Crippen LogP contribution in [0.25, 0.3) is 0 Å². The zero-order chi connectivity index (χ0) is 26.3. The molecule has 10 heteroatoms. The Hall–Kier alpha value is -3.43.